The van der Waals surface area contributed by atoms with Crippen LogP contribution in [0.2, 0.25) is 18.1 Å². The average Bonchev–Trinajstić information content (AvgIpc) is 2.80. The first-order chi connectivity index (χ1) is 16.4. The molecule has 2 N–H and O–H groups in total. The first-order valence-corrected chi connectivity index (χ1v) is 14.6. The monoisotopic (exact) mass is 500 g/mol. The minimum Gasteiger partial charge on any atom is -0.496 e. The topological polar surface area (TPSA) is 103 Å². The second kappa shape index (κ2) is 10.5. The van der Waals surface area contributed by atoms with Crippen LogP contribution in [0.4, 0.5) is 0 Å². The minimum absolute atomic E-state index is 0.0781. The second-order valence-electron chi connectivity index (χ2n) is 10.1. The Hall–Kier alpha value is -2.72. The van der Waals surface area contributed by atoms with Crippen LogP contribution in [0.3, 0.4) is 0 Å². The van der Waals surface area contributed by atoms with Crippen LogP contribution in [0.15, 0.2) is 46.0 Å². The van der Waals surface area contributed by atoms with Crippen molar-refractivity contribution in [1.82, 2.24) is 9.55 Å². The van der Waals surface area contributed by atoms with E-state index in [0.29, 0.717) is 17.9 Å². The van der Waals surface area contributed by atoms with Crippen LogP contribution >= 0.6 is 0 Å². The molecule has 0 spiro atoms. The Kier molecular flexibility index (Phi) is 8.06. The molecule has 1 heterocycles. The number of aliphatic hydroxyl groups is 1. The quantitative estimate of drug-likeness (QED) is 0.339. The number of aliphatic hydroxyl groups excluding tert-OH is 1. The van der Waals surface area contributed by atoms with E-state index in [1.165, 1.54) is 11.7 Å². The lowest BCUT2D eigenvalue weighted by Gasteiger charge is -2.36. The van der Waals surface area contributed by atoms with E-state index in [2.05, 4.69) is 38.8 Å². The fourth-order valence-corrected chi connectivity index (χ4v) is 4.79. The highest BCUT2D eigenvalue weighted by Gasteiger charge is 2.36. The van der Waals surface area contributed by atoms with Gasteiger partial charge >= 0.3 is 5.69 Å². The first-order valence-electron chi connectivity index (χ1n) is 11.7. The maximum absolute atomic E-state index is 12.8. The number of aromatic nitrogens is 2. The van der Waals surface area contributed by atoms with Crippen molar-refractivity contribution in [3.63, 3.8) is 0 Å². The van der Waals surface area contributed by atoms with Crippen molar-refractivity contribution in [3.05, 3.63) is 74.1 Å². The molecule has 9 heteroatoms. The lowest BCUT2D eigenvalue weighted by molar-refractivity contribution is 0.0427. The Balaban J connectivity index is 1.94. The highest BCUT2D eigenvalue weighted by atomic mass is 28.4. The fourth-order valence-electron chi connectivity index (χ4n) is 3.77. The molecule has 0 amide bonds. The number of methoxy groups -OCH3 is 1. The van der Waals surface area contributed by atoms with Crippen molar-refractivity contribution in [3.8, 4) is 5.75 Å². The van der Waals surface area contributed by atoms with E-state index in [1.807, 2.05) is 30.3 Å². The number of hydrogen-bond acceptors (Lipinski definition) is 6. The number of nitrogens with one attached hydrogen (secondary N) is 1. The van der Waals surface area contributed by atoms with Crippen molar-refractivity contribution in [2.75, 3.05) is 20.3 Å². The zero-order chi connectivity index (χ0) is 26.0. The molecule has 1 atom stereocenters. The molecule has 0 bridgehead atoms. The number of hydrogen-bond donors (Lipinski definition) is 2. The third kappa shape index (κ3) is 5.59. The number of fused-ring (bicyclic) bond motifs is 1. The number of rotatable bonds is 9. The maximum atomic E-state index is 12.8. The third-order valence-electron chi connectivity index (χ3n) is 6.88. The molecular formula is C26H36N2O6Si. The van der Waals surface area contributed by atoms with Crippen molar-refractivity contribution < 1.29 is 19.0 Å². The number of aromatic amines is 1. The molecule has 0 saturated heterocycles. The van der Waals surface area contributed by atoms with Gasteiger partial charge < -0.3 is 19.0 Å². The minimum atomic E-state index is -1.92. The standard InChI is InChI=1S/C26H36N2O6Si/c1-17-22(23(29)21-19-11-9-8-10-18(19)12-13-20(21)32-5)28(25(31)27-24(17)30)16-33-14-15-34-35(6,7)26(2,3)4/h8-13,23,29H,14-16H2,1-7H3,(H,27,30,31). The van der Waals surface area contributed by atoms with Crippen molar-refractivity contribution >= 4 is 19.1 Å². The molecule has 3 rings (SSSR count). The van der Waals surface area contributed by atoms with Crippen LogP contribution in [0, 0.1) is 6.92 Å². The highest BCUT2D eigenvalue weighted by Crippen LogP contribution is 2.37. The van der Waals surface area contributed by atoms with Gasteiger partial charge in [0.2, 0.25) is 0 Å². The van der Waals surface area contributed by atoms with Gasteiger partial charge in [-0.05, 0) is 41.9 Å². The van der Waals surface area contributed by atoms with Gasteiger partial charge in [0, 0.05) is 11.1 Å². The number of H-pyrrole nitrogens is 1. The fraction of sp³-hybridized carbons (Fsp3) is 0.462. The average molecular weight is 501 g/mol. The van der Waals surface area contributed by atoms with Crippen LogP contribution in [0.25, 0.3) is 10.8 Å². The molecule has 0 fully saturated rings. The van der Waals surface area contributed by atoms with Gasteiger partial charge in [-0.3, -0.25) is 14.3 Å². The van der Waals surface area contributed by atoms with Gasteiger partial charge in [-0.2, -0.15) is 0 Å². The zero-order valence-electron chi connectivity index (χ0n) is 21.6. The summed E-state index contributed by atoms with van der Waals surface area (Å²) in [4.78, 5) is 27.6. The molecule has 0 saturated carbocycles. The van der Waals surface area contributed by atoms with Gasteiger partial charge in [-0.25, -0.2) is 4.79 Å². The van der Waals surface area contributed by atoms with E-state index in [1.54, 1.807) is 13.0 Å². The van der Waals surface area contributed by atoms with E-state index in [4.69, 9.17) is 13.9 Å². The van der Waals surface area contributed by atoms with Gasteiger partial charge in [-0.1, -0.05) is 51.1 Å². The van der Waals surface area contributed by atoms with Crippen molar-refractivity contribution in [2.45, 2.75) is 58.7 Å². The predicted molar refractivity (Wildman–Crippen MR) is 140 cm³/mol. The molecule has 0 radical (unpaired) electrons. The van der Waals surface area contributed by atoms with E-state index >= 15 is 0 Å². The summed E-state index contributed by atoms with van der Waals surface area (Å²) < 4.78 is 18.7. The molecule has 2 aromatic carbocycles. The summed E-state index contributed by atoms with van der Waals surface area (Å²) in [5.41, 5.74) is -0.333. The first kappa shape index (κ1) is 26.9. The smallest absolute Gasteiger partial charge is 0.330 e. The number of benzene rings is 2. The van der Waals surface area contributed by atoms with Gasteiger partial charge in [0.25, 0.3) is 5.56 Å². The van der Waals surface area contributed by atoms with E-state index in [0.717, 1.165) is 10.8 Å². The molecule has 8 nitrogen and oxygen atoms in total. The van der Waals surface area contributed by atoms with Crippen LogP contribution in [-0.2, 0) is 15.9 Å². The highest BCUT2D eigenvalue weighted by molar-refractivity contribution is 6.74. The Bertz CT molecular complexity index is 1310. The molecule has 3 aromatic rings. The van der Waals surface area contributed by atoms with Crippen LogP contribution in [-0.4, -0.2) is 43.3 Å². The Labute approximate surface area is 206 Å². The number of ether oxygens (including phenoxy) is 2. The van der Waals surface area contributed by atoms with Crippen molar-refractivity contribution in [2.24, 2.45) is 0 Å². The molecule has 0 aliphatic rings. The lowest BCUT2D eigenvalue weighted by atomic mass is 9.95. The second-order valence-corrected chi connectivity index (χ2v) is 15.0. The van der Waals surface area contributed by atoms with Gasteiger partial charge in [0.1, 0.15) is 18.6 Å². The summed E-state index contributed by atoms with van der Waals surface area (Å²) in [5.74, 6) is 0.457. The maximum Gasteiger partial charge on any atom is 0.330 e. The van der Waals surface area contributed by atoms with Crippen molar-refractivity contribution in [1.29, 1.82) is 0 Å². The van der Waals surface area contributed by atoms with Crippen LogP contribution in [0.1, 0.15) is 43.7 Å². The summed E-state index contributed by atoms with van der Waals surface area (Å²) in [6.45, 7) is 12.9. The Morgan fingerprint density at radius 2 is 1.77 bits per heavy atom. The summed E-state index contributed by atoms with van der Waals surface area (Å²) >= 11 is 0. The zero-order valence-corrected chi connectivity index (χ0v) is 22.6. The number of nitrogens with zero attached hydrogens (tertiary/aromatic N) is 1. The summed E-state index contributed by atoms with van der Waals surface area (Å²) in [6.07, 6.45) is -1.29. The Morgan fingerprint density at radius 1 is 1.09 bits per heavy atom. The largest absolute Gasteiger partial charge is 0.496 e. The normalized spacial score (nSPS) is 13.3. The van der Waals surface area contributed by atoms with E-state index < -0.39 is 25.7 Å². The van der Waals surface area contributed by atoms with E-state index in [9.17, 15) is 14.7 Å². The molecule has 35 heavy (non-hydrogen) atoms. The summed E-state index contributed by atoms with van der Waals surface area (Å²) in [5, 5.41) is 13.3. The molecule has 190 valence electrons. The SMILES string of the molecule is COc1ccc2ccccc2c1C(O)c1c(C)c(=O)[nH]c(=O)n1COCCO[Si](C)(C)C(C)(C)C. The third-order valence-corrected chi connectivity index (χ3v) is 11.4. The van der Waals surface area contributed by atoms with Gasteiger partial charge in [0.05, 0.1) is 26.0 Å². The van der Waals surface area contributed by atoms with Gasteiger partial charge in [-0.15, -0.1) is 0 Å². The predicted octanol–water partition coefficient (Wildman–Crippen LogP) is 4.08. The molecule has 0 aliphatic heterocycles. The summed E-state index contributed by atoms with van der Waals surface area (Å²) in [6, 6.07) is 11.2. The van der Waals surface area contributed by atoms with Gasteiger partial charge in [0.15, 0.2) is 8.32 Å². The van der Waals surface area contributed by atoms with Crippen LogP contribution in [0.5, 0.6) is 5.75 Å². The lowest BCUT2D eigenvalue weighted by Crippen LogP contribution is -2.41. The summed E-state index contributed by atoms with van der Waals surface area (Å²) in [7, 11) is -0.404. The van der Waals surface area contributed by atoms with E-state index in [-0.39, 0.29) is 29.6 Å². The Morgan fingerprint density at radius 3 is 2.43 bits per heavy atom. The van der Waals surface area contributed by atoms with Crippen LogP contribution < -0.4 is 16.0 Å². The molecular weight excluding hydrogens is 464 g/mol. The molecule has 1 aromatic heterocycles. The molecule has 1 unspecified atom stereocenters. The molecule has 0 aliphatic carbocycles.